The van der Waals surface area contributed by atoms with E-state index in [0.717, 1.165) is 0 Å². The Balaban J connectivity index is 2.63. The number of hydrogen-bond donors (Lipinski definition) is 1. The molecule has 4 heteroatoms. The van der Waals surface area contributed by atoms with Crippen molar-refractivity contribution in [2.45, 2.75) is 19.3 Å². The summed E-state index contributed by atoms with van der Waals surface area (Å²) in [7, 11) is 1.51. The predicted octanol–water partition coefficient (Wildman–Crippen LogP) is 1.52. The van der Waals surface area contributed by atoms with Crippen LogP contribution in [0.15, 0.2) is 24.3 Å². The fraction of sp³-hybridized carbons (Fsp3) is 0.400. The summed E-state index contributed by atoms with van der Waals surface area (Å²) >= 11 is 0. The molecule has 0 bridgehead atoms. The summed E-state index contributed by atoms with van der Waals surface area (Å²) in [5.74, 6) is 0.239. The van der Waals surface area contributed by atoms with Crippen molar-refractivity contribution in [2.75, 3.05) is 7.11 Å². The van der Waals surface area contributed by atoms with Crippen molar-refractivity contribution < 1.29 is 13.9 Å². The molecule has 14 heavy (non-hydrogen) atoms. The maximum Gasteiger partial charge on any atom is 0.214 e. The molecule has 0 aliphatic rings. The molecule has 1 rings (SSSR count). The molecule has 0 amide bonds. The molecule has 0 fully saturated rings. The topological polar surface area (TPSA) is 44.5 Å². The standard InChI is InChI=1S/C10H14FNO2/c1-7(12)10(13-2)14-9-5-3-8(11)4-6-9/h3-7,10H,12H2,1-2H3. The third kappa shape index (κ3) is 2.97. The predicted molar refractivity (Wildman–Crippen MR) is 51.5 cm³/mol. The lowest BCUT2D eigenvalue weighted by atomic mass is 10.3. The lowest BCUT2D eigenvalue weighted by Gasteiger charge is -2.20. The van der Waals surface area contributed by atoms with Crippen LogP contribution < -0.4 is 10.5 Å². The summed E-state index contributed by atoms with van der Waals surface area (Å²) in [5.41, 5.74) is 5.60. The first-order valence-electron chi connectivity index (χ1n) is 4.34. The molecular formula is C10H14FNO2. The first kappa shape index (κ1) is 10.9. The van der Waals surface area contributed by atoms with E-state index in [9.17, 15) is 4.39 Å². The summed E-state index contributed by atoms with van der Waals surface area (Å²) in [5, 5.41) is 0. The van der Waals surface area contributed by atoms with E-state index in [4.69, 9.17) is 15.2 Å². The molecular weight excluding hydrogens is 185 g/mol. The van der Waals surface area contributed by atoms with E-state index in [1.807, 2.05) is 0 Å². The van der Waals surface area contributed by atoms with Gasteiger partial charge in [0.05, 0.1) is 6.04 Å². The molecule has 2 N–H and O–H groups in total. The van der Waals surface area contributed by atoms with Crippen molar-refractivity contribution in [1.82, 2.24) is 0 Å². The molecule has 0 aliphatic carbocycles. The third-order valence-electron chi connectivity index (χ3n) is 1.73. The van der Waals surface area contributed by atoms with Gasteiger partial charge < -0.3 is 15.2 Å². The van der Waals surface area contributed by atoms with Crippen molar-refractivity contribution in [3.05, 3.63) is 30.1 Å². The van der Waals surface area contributed by atoms with Crippen LogP contribution in [0.5, 0.6) is 5.75 Å². The molecule has 2 unspecified atom stereocenters. The molecule has 3 nitrogen and oxygen atoms in total. The highest BCUT2D eigenvalue weighted by Gasteiger charge is 2.13. The Bertz CT molecular complexity index is 274. The van der Waals surface area contributed by atoms with Gasteiger partial charge >= 0.3 is 0 Å². The van der Waals surface area contributed by atoms with Gasteiger partial charge in [-0.2, -0.15) is 0 Å². The van der Waals surface area contributed by atoms with Gasteiger partial charge in [0.15, 0.2) is 0 Å². The molecule has 0 saturated carbocycles. The van der Waals surface area contributed by atoms with Crippen LogP contribution in [0.1, 0.15) is 6.92 Å². The second-order valence-corrected chi connectivity index (χ2v) is 3.03. The van der Waals surface area contributed by atoms with E-state index in [-0.39, 0.29) is 11.9 Å². The maximum atomic E-state index is 12.6. The van der Waals surface area contributed by atoms with Gasteiger partial charge in [0, 0.05) is 7.11 Å². The quantitative estimate of drug-likeness (QED) is 0.748. The van der Waals surface area contributed by atoms with E-state index < -0.39 is 6.29 Å². The van der Waals surface area contributed by atoms with Crippen molar-refractivity contribution in [3.63, 3.8) is 0 Å². The normalized spacial score (nSPS) is 14.9. The molecule has 0 heterocycles. The van der Waals surface area contributed by atoms with Gasteiger partial charge in [-0.15, -0.1) is 0 Å². The highest BCUT2D eigenvalue weighted by Crippen LogP contribution is 2.14. The van der Waals surface area contributed by atoms with E-state index in [1.165, 1.54) is 31.4 Å². The zero-order valence-corrected chi connectivity index (χ0v) is 8.24. The van der Waals surface area contributed by atoms with Crippen LogP contribution in [0.4, 0.5) is 4.39 Å². The van der Waals surface area contributed by atoms with Crippen molar-refractivity contribution in [2.24, 2.45) is 5.73 Å². The lowest BCUT2D eigenvalue weighted by molar-refractivity contribution is -0.0659. The molecule has 0 aliphatic heterocycles. The Morgan fingerprint density at radius 1 is 1.29 bits per heavy atom. The Labute approximate surface area is 82.6 Å². The number of methoxy groups -OCH3 is 1. The van der Waals surface area contributed by atoms with Crippen LogP contribution >= 0.6 is 0 Å². The lowest BCUT2D eigenvalue weighted by Crippen LogP contribution is -2.37. The Morgan fingerprint density at radius 3 is 2.29 bits per heavy atom. The van der Waals surface area contributed by atoms with Gasteiger partial charge in [-0.3, -0.25) is 0 Å². The molecule has 0 radical (unpaired) electrons. The second-order valence-electron chi connectivity index (χ2n) is 3.03. The van der Waals surface area contributed by atoms with Crippen molar-refractivity contribution in [1.29, 1.82) is 0 Å². The van der Waals surface area contributed by atoms with Crippen molar-refractivity contribution >= 4 is 0 Å². The molecule has 0 saturated heterocycles. The number of halogens is 1. The average molecular weight is 199 g/mol. The first-order chi connectivity index (χ1) is 6.63. The molecule has 0 aromatic heterocycles. The van der Waals surface area contributed by atoms with Crippen LogP contribution in [0, 0.1) is 5.82 Å². The van der Waals surface area contributed by atoms with Crippen LogP contribution in [0.3, 0.4) is 0 Å². The van der Waals surface area contributed by atoms with E-state index in [0.29, 0.717) is 5.75 Å². The van der Waals surface area contributed by atoms with E-state index in [1.54, 1.807) is 6.92 Å². The largest absolute Gasteiger partial charge is 0.463 e. The average Bonchev–Trinajstić information content (AvgIpc) is 2.16. The Kier molecular flexibility index (Phi) is 3.85. The van der Waals surface area contributed by atoms with Gasteiger partial charge in [0.2, 0.25) is 6.29 Å². The Hall–Kier alpha value is -1.13. The van der Waals surface area contributed by atoms with Gasteiger partial charge in [-0.05, 0) is 31.2 Å². The number of ether oxygens (including phenoxy) is 2. The Morgan fingerprint density at radius 2 is 1.86 bits per heavy atom. The minimum absolute atomic E-state index is 0.245. The third-order valence-corrected chi connectivity index (χ3v) is 1.73. The number of hydrogen-bond acceptors (Lipinski definition) is 3. The summed E-state index contributed by atoms with van der Waals surface area (Å²) in [4.78, 5) is 0. The van der Waals surface area contributed by atoms with Crippen LogP contribution in [-0.2, 0) is 4.74 Å². The molecule has 1 aromatic carbocycles. The highest BCUT2D eigenvalue weighted by molar-refractivity contribution is 5.22. The zero-order chi connectivity index (χ0) is 10.6. The van der Waals surface area contributed by atoms with Crippen LogP contribution in [0.25, 0.3) is 0 Å². The maximum absolute atomic E-state index is 12.6. The summed E-state index contributed by atoms with van der Waals surface area (Å²) in [6.45, 7) is 1.78. The minimum atomic E-state index is -0.513. The smallest absolute Gasteiger partial charge is 0.214 e. The fourth-order valence-corrected chi connectivity index (χ4v) is 1.02. The zero-order valence-electron chi connectivity index (χ0n) is 8.24. The monoisotopic (exact) mass is 199 g/mol. The summed E-state index contributed by atoms with van der Waals surface area (Å²) in [6, 6.07) is 5.46. The molecule has 78 valence electrons. The first-order valence-corrected chi connectivity index (χ1v) is 4.34. The van der Waals surface area contributed by atoms with Crippen molar-refractivity contribution in [3.8, 4) is 5.75 Å². The molecule has 0 spiro atoms. The molecule has 1 aromatic rings. The fourth-order valence-electron chi connectivity index (χ4n) is 1.02. The molecule has 2 atom stereocenters. The van der Waals surface area contributed by atoms with Gasteiger partial charge in [0.1, 0.15) is 11.6 Å². The highest BCUT2D eigenvalue weighted by atomic mass is 19.1. The van der Waals surface area contributed by atoms with Crippen LogP contribution in [0.2, 0.25) is 0 Å². The SMILES string of the molecule is COC(Oc1ccc(F)cc1)C(C)N. The summed E-state index contributed by atoms with van der Waals surface area (Å²) < 4.78 is 22.9. The number of benzene rings is 1. The second kappa shape index (κ2) is 4.93. The van der Waals surface area contributed by atoms with Crippen LogP contribution in [-0.4, -0.2) is 19.4 Å². The number of rotatable bonds is 4. The number of nitrogens with two attached hydrogens (primary N) is 1. The van der Waals surface area contributed by atoms with Gasteiger partial charge in [-0.1, -0.05) is 0 Å². The minimum Gasteiger partial charge on any atom is -0.463 e. The van der Waals surface area contributed by atoms with E-state index in [2.05, 4.69) is 0 Å². The van der Waals surface area contributed by atoms with Gasteiger partial charge in [-0.25, -0.2) is 4.39 Å². The van der Waals surface area contributed by atoms with E-state index >= 15 is 0 Å². The van der Waals surface area contributed by atoms with Gasteiger partial charge in [0.25, 0.3) is 0 Å². The summed E-state index contributed by atoms with van der Waals surface area (Å²) in [6.07, 6.45) is -0.513.